The highest BCUT2D eigenvalue weighted by Gasteiger charge is 2.21. The Balaban J connectivity index is 2.33. The van der Waals surface area contributed by atoms with Gasteiger partial charge < -0.3 is 0 Å². The summed E-state index contributed by atoms with van der Waals surface area (Å²) < 4.78 is 0. The summed E-state index contributed by atoms with van der Waals surface area (Å²) in [5.41, 5.74) is 1.04. The van der Waals surface area contributed by atoms with Gasteiger partial charge in [-0.2, -0.15) is 0 Å². The summed E-state index contributed by atoms with van der Waals surface area (Å²) >= 11 is 0. The summed E-state index contributed by atoms with van der Waals surface area (Å²) in [6.45, 7) is 2.37. The van der Waals surface area contributed by atoms with E-state index in [1.165, 1.54) is 19.3 Å². The van der Waals surface area contributed by atoms with Gasteiger partial charge in [0.05, 0.1) is 5.66 Å². The lowest BCUT2D eigenvalue weighted by molar-refractivity contribution is 0.624. The third-order valence-corrected chi connectivity index (χ3v) is 3.25. The van der Waals surface area contributed by atoms with Crippen LogP contribution < -0.4 is 0 Å². The molecule has 0 aliphatic heterocycles. The van der Waals surface area contributed by atoms with E-state index >= 15 is 0 Å². The van der Waals surface area contributed by atoms with Gasteiger partial charge in [0, 0.05) is 0 Å². The summed E-state index contributed by atoms with van der Waals surface area (Å²) in [7, 11) is 2.17. The summed E-state index contributed by atoms with van der Waals surface area (Å²) in [5.74, 6) is 1.03. The van der Waals surface area contributed by atoms with Crippen LogP contribution in [0.5, 0.6) is 0 Å². The zero-order valence-electron chi connectivity index (χ0n) is 4.98. The van der Waals surface area contributed by atoms with E-state index in [9.17, 15) is 0 Å². The van der Waals surface area contributed by atoms with Crippen molar-refractivity contribution in [3.63, 3.8) is 0 Å². The Labute approximate surface area is 47.9 Å². The molecule has 1 fully saturated rings. The molecule has 0 aromatic rings. The molecule has 42 valence electrons. The molecule has 0 saturated heterocycles. The van der Waals surface area contributed by atoms with E-state index in [-0.39, 0.29) is 0 Å². The number of hydrogen-bond acceptors (Lipinski definition) is 0. The van der Waals surface area contributed by atoms with Crippen LogP contribution in [-0.4, -0.2) is 5.66 Å². The van der Waals surface area contributed by atoms with Crippen molar-refractivity contribution in [2.75, 3.05) is 0 Å². The molecule has 0 N–H and O–H groups in total. The molecular weight excluding hydrogens is 103 g/mol. The molecule has 0 amide bonds. The molecular formula is C6H14P+. The first kappa shape index (κ1) is 5.56. The minimum absolute atomic E-state index is 1.03. The largest absolute Gasteiger partial charge is 0.0655 e. The Morgan fingerprint density at radius 2 is 2.14 bits per heavy atom. The fraction of sp³-hybridized carbons (Fsp3) is 1.00. The molecule has 0 aromatic heterocycles. The Kier molecular flexibility index (Phi) is 1.69. The fourth-order valence-corrected chi connectivity index (χ4v) is 1.75. The minimum Gasteiger partial charge on any atom is -0.0588 e. The quantitative estimate of drug-likeness (QED) is 0.424. The van der Waals surface area contributed by atoms with Gasteiger partial charge in [0.25, 0.3) is 0 Å². The SMILES string of the molecule is CC1CCCC1[PH3+]. The summed E-state index contributed by atoms with van der Waals surface area (Å²) in [6.07, 6.45) is 4.45. The summed E-state index contributed by atoms with van der Waals surface area (Å²) in [6, 6.07) is 0. The van der Waals surface area contributed by atoms with Crippen molar-refractivity contribution in [3.8, 4) is 0 Å². The zero-order chi connectivity index (χ0) is 5.28. The first-order valence-electron chi connectivity index (χ1n) is 3.14. The predicted octanol–water partition coefficient (Wildman–Crippen LogP) is 1.78. The van der Waals surface area contributed by atoms with E-state index in [4.69, 9.17) is 0 Å². The van der Waals surface area contributed by atoms with Gasteiger partial charge >= 0.3 is 0 Å². The van der Waals surface area contributed by atoms with E-state index in [0.717, 1.165) is 11.6 Å². The molecule has 0 radical (unpaired) electrons. The van der Waals surface area contributed by atoms with Crippen LogP contribution in [0, 0.1) is 5.92 Å². The highest BCUT2D eigenvalue weighted by Crippen LogP contribution is 2.30. The van der Waals surface area contributed by atoms with Crippen molar-refractivity contribution in [3.05, 3.63) is 0 Å². The smallest absolute Gasteiger partial charge is 0.0588 e. The molecule has 3 unspecified atom stereocenters. The van der Waals surface area contributed by atoms with Gasteiger partial charge in [-0.1, -0.05) is 6.92 Å². The predicted molar refractivity (Wildman–Crippen MR) is 37.9 cm³/mol. The van der Waals surface area contributed by atoms with Crippen molar-refractivity contribution in [1.29, 1.82) is 0 Å². The third-order valence-electron chi connectivity index (χ3n) is 2.04. The van der Waals surface area contributed by atoms with Crippen molar-refractivity contribution in [2.45, 2.75) is 31.8 Å². The van der Waals surface area contributed by atoms with E-state index in [1.54, 1.807) is 0 Å². The van der Waals surface area contributed by atoms with Gasteiger partial charge in [-0.05, 0) is 34.4 Å². The van der Waals surface area contributed by atoms with E-state index in [2.05, 4.69) is 16.2 Å². The standard InChI is InChI=1S/C6H13P/c1-5-3-2-4-6(5)7/h5-6H,2-4,7H2,1H3/p+1. The molecule has 7 heavy (non-hydrogen) atoms. The van der Waals surface area contributed by atoms with Crippen molar-refractivity contribution in [2.24, 2.45) is 5.92 Å². The molecule has 1 aliphatic rings. The van der Waals surface area contributed by atoms with Gasteiger partial charge in [0.15, 0.2) is 0 Å². The van der Waals surface area contributed by atoms with Crippen LogP contribution in [-0.2, 0) is 0 Å². The first-order chi connectivity index (χ1) is 3.30. The van der Waals surface area contributed by atoms with E-state index < -0.39 is 0 Å². The number of hydrogen-bond donors (Lipinski definition) is 0. The molecule has 1 heteroatoms. The highest BCUT2D eigenvalue weighted by atomic mass is 31.0. The first-order valence-corrected chi connectivity index (χ1v) is 3.95. The third kappa shape index (κ3) is 1.16. The van der Waals surface area contributed by atoms with E-state index in [1.807, 2.05) is 0 Å². The second kappa shape index (κ2) is 2.13. The zero-order valence-corrected chi connectivity index (χ0v) is 6.40. The topological polar surface area (TPSA) is 0 Å². The average Bonchev–Trinajstić information content (AvgIpc) is 1.91. The van der Waals surface area contributed by atoms with Crippen LogP contribution in [0.1, 0.15) is 26.2 Å². The fourth-order valence-electron chi connectivity index (χ4n) is 1.22. The van der Waals surface area contributed by atoms with Crippen LogP contribution in [0.15, 0.2) is 0 Å². The van der Waals surface area contributed by atoms with Crippen molar-refractivity contribution in [1.82, 2.24) is 0 Å². The van der Waals surface area contributed by atoms with Gasteiger partial charge in [0.2, 0.25) is 0 Å². The van der Waals surface area contributed by atoms with Crippen LogP contribution in [0.2, 0.25) is 0 Å². The lowest BCUT2D eigenvalue weighted by Gasteiger charge is -1.99. The van der Waals surface area contributed by atoms with Gasteiger partial charge in [-0.15, -0.1) is 0 Å². The molecule has 0 aromatic carbocycles. The van der Waals surface area contributed by atoms with Gasteiger partial charge in [-0.25, -0.2) is 0 Å². The van der Waals surface area contributed by atoms with Crippen molar-refractivity contribution < 1.29 is 0 Å². The number of rotatable bonds is 0. The molecule has 1 rings (SSSR count). The van der Waals surface area contributed by atoms with Crippen LogP contribution in [0.3, 0.4) is 0 Å². The highest BCUT2D eigenvalue weighted by molar-refractivity contribution is 7.17. The van der Waals surface area contributed by atoms with Crippen molar-refractivity contribution >= 4 is 9.24 Å². The summed E-state index contributed by atoms with van der Waals surface area (Å²) in [4.78, 5) is 0. The molecule has 0 bridgehead atoms. The lowest BCUT2D eigenvalue weighted by Crippen LogP contribution is -1.98. The van der Waals surface area contributed by atoms with E-state index in [0.29, 0.717) is 0 Å². The maximum atomic E-state index is 2.37. The Hall–Kier alpha value is 0.430. The van der Waals surface area contributed by atoms with Crippen LogP contribution >= 0.6 is 9.24 Å². The second-order valence-corrected chi connectivity index (χ2v) is 3.72. The molecule has 0 nitrogen and oxygen atoms in total. The summed E-state index contributed by atoms with van der Waals surface area (Å²) in [5, 5.41) is 0. The van der Waals surface area contributed by atoms with Gasteiger partial charge in [-0.3, -0.25) is 0 Å². The molecule has 3 atom stereocenters. The molecule has 1 saturated carbocycles. The minimum atomic E-state index is 1.03. The molecule has 1 aliphatic carbocycles. The van der Waals surface area contributed by atoms with Crippen LogP contribution in [0.4, 0.5) is 0 Å². The maximum absolute atomic E-state index is 2.37. The Morgan fingerprint density at radius 3 is 2.29 bits per heavy atom. The Morgan fingerprint density at radius 1 is 1.43 bits per heavy atom. The lowest BCUT2D eigenvalue weighted by atomic mass is 10.1. The molecule has 0 heterocycles. The maximum Gasteiger partial charge on any atom is 0.0655 e. The second-order valence-electron chi connectivity index (χ2n) is 2.67. The monoisotopic (exact) mass is 117 g/mol. The normalized spacial score (nSPS) is 42.4. The van der Waals surface area contributed by atoms with Crippen LogP contribution in [0.25, 0.3) is 0 Å². The Bertz CT molecular complexity index is 53.2. The van der Waals surface area contributed by atoms with Gasteiger partial charge in [0.1, 0.15) is 0 Å². The molecule has 0 spiro atoms. The average molecular weight is 117 g/mol.